The summed E-state index contributed by atoms with van der Waals surface area (Å²) in [6.07, 6.45) is 14.6. The second-order valence-electron chi connectivity index (χ2n) is 8.53. The molecular weight excluding hydrogens is 412 g/mol. The monoisotopic (exact) mass is 448 g/mol. The molecule has 0 aliphatic heterocycles. The minimum Gasteiger partial charge on any atom is -0.382 e. The van der Waals surface area contributed by atoms with Gasteiger partial charge in [0, 0.05) is 36.1 Å². The molecule has 3 aromatic rings. The minimum atomic E-state index is -0.492. The van der Waals surface area contributed by atoms with Gasteiger partial charge in [0.05, 0.1) is 16.8 Å². The van der Waals surface area contributed by atoms with E-state index >= 15 is 0 Å². The van der Waals surface area contributed by atoms with Crippen LogP contribution in [-0.2, 0) is 0 Å². The van der Waals surface area contributed by atoms with Crippen LogP contribution >= 0.6 is 0 Å². The standard InChI is InChI=1S/C17H16N6O.C7H14.C2H6/c18-17(24)12-9-20-16(7-14(12)21-11-2-3-11)23-15-4-1-10-8-19-6-5-13(10)22-15;1-7-5-3-2-4-6-7;1-2/h1,4-9,11H,2-3H2,(H2,18,24)(H2,20,21,22,23);7H,2-6H2,1H3;1-2H3. The lowest BCUT2D eigenvalue weighted by atomic mass is 9.91. The Morgan fingerprint density at radius 2 is 1.76 bits per heavy atom. The summed E-state index contributed by atoms with van der Waals surface area (Å²) in [6.45, 7) is 6.36. The highest BCUT2D eigenvalue weighted by Gasteiger charge is 2.23. The Morgan fingerprint density at radius 3 is 2.39 bits per heavy atom. The van der Waals surface area contributed by atoms with Crippen molar-refractivity contribution >= 4 is 34.1 Å². The second-order valence-corrected chi connectivity index (χ2v) is 8.53. The van der Waals surface area contributed by atoms with Crippen LogP contribution in [0.3, 0.4) is 0 Å². The lowest BCUT2D eigenvalue weighted by molar-refractivity contribution is 0.100. The van der Waals surface area contributed by atoms with Crippen LogP contribution in [0.15, 0.2) is 42.9 Å². The van der Waals surface area contributed by atoms with Crippen LogP contribution in [0.5, 0.6) is 0 Å². The van der Waals surface area contributed by atoms with Crippen LogP contribution in [0.1, 0.15) is 76.1 Å². The first-order chi connectivity index (χ1) is 16.1. The Labute approximate surface area is 196 Å². The van der Waals surface area contributed by atoms with Gasteiger partial charge in [-0.05, 0) is 37.0 Å². The summed E-state index contributed by atoms with van der Waals surface area (Å²) in [7, 11) is 0. The molecule has 0 saturated heterocycles. The number of fused-ring (bicyclic) bond motifs is 1. The number of primary amides is 1. The van der Waals surface area contributed by atoms with E-state index < -0.39 is 5.91 Å². The number of hydrogen-bond donors (Lipinski definition) is 3. The molecule has 7 heteroatoms. The highest BCUT2D eigenvalue weighted by atomic mass is 16.1. The third-order valence-corrected chi connectivity index (χ3v) is 5.75. The molecule has 0 atom stereocenters. The van der Waals surface area contributed by atoms with Gasteiger partial charge >= 0.3 is 0 Å². The first-order valence-corrected chi connectivity index (χ1v) is 12.1. The fraction of sp³-hybridized carbons (Fsp3) is 0.462. The number of carbonyl (C=O) groups excluding carboxylic acids is 1. The minimum absolute atomic E-state index is 0.394. The van der Waals surface area contributed by atoms with E-state index in [1.165, 1.54) is 38.3 Å². The molecule has 2 aliphatic rings. The summed E-state index contributed by atoms with van der Waals surface area (Å²) in [6, 6.07) is 7.85. The number of aromatic nitrogens is 3. The van der Waals surface area contributed by atoms with Crippen molar-refractivity contribution in [3.05, 3.63) is 48.4 Å². The first kappa shape index (κ1) is 24.4. The van der Waals surface area contributed by atoms with E-state index in [9.17, 15) is 4.79 Å². The first-order valence-electron chi connectivity index (χ1n) is 12.1. The maximum Gasteiger partial charge on any atom is 0.252 e. The molecule has 0 bridgehead atoms. The molecule has 0 unspecified atom stereocenters. The summed E-state index contributed by atoms with van der Waals surface area (Å²) in [5, 5.41) is 7.44. The van der Waals surface area contributed by atoms with Crippen LogP contribution in [0, 0.1) is 5.92 Å². The number of nitrogens with zero attached hydrogens (tertiary/aromatic N) is 3. The zero-order valence-electron chi connectivity index (χ0n) is 20.0. The smallest absolute Gasteiger partial charge is 0.252 e. The van der Waals surface area contributed by atoms with Crippen molar-refractivity contribution in [2.24, 2.45) is 11.7 Å². The van der Waals surface area contributed by atoms with Crippen molar-refractivity contribution in [1.82, 2.24) is 15.0 Å². The number of rotatable bonds is 5. The van der Waals surface area contributed by atoms with Gasteiger partial charge in [-0.2, -0.15) is 0 Å². The van der Waals surface area contributed by atoms with Crippen LogP contribution < -0.4 is 16.4 Å². The molecular formula is C26H36N6O. The van der Waals surface area contributed by atoms with Gasteiger partial charge in [-0.25, -0.2) is 9.97 Å². The predicted molar refractivity (Wildman–Crippen MR) is 136 cm³/mol. The van der Waals surface area contributed by atoms with Gasteiger partial charge in [0.2, 0.25) is 0 Å². The number of carbonyl (C=O) groups is 1. The van der Waals surface area contributed by atoms with Crippen molar-refractivity contribution in [3.63, 3.8) is 0 Å². The molecule has 2 fully saturated rings. The Balaban J connectivity index is 0.000000289. The number of amides is 1. The average Bonchev–Trinajstić information content (AvgIpc) is 3.65. The lowest BCUT2D eigenvalue weighted by Gasteiger charge is -2.15. The SMILES string of the molecule is CC.CC1CCCCC1.NC(=O)c1cnc(Nc2ccc3cnccc3n2)cc1NC1CC1. The van der Waals surface area contributed by atoms with Gasteiger partial charge in [-0.3, -0.25) is 9.78 Å². The van der Waals surface area contributed by atoms with Crippen molar-refractivity contribution in [2.45, 2.75) is 71.8 Å². The summed E-state index contributed by atoms with van der Waals surface area (Å²) in [5.41, 5.74) is 7.36. The zero-order chi connectivity index (χ0) is 23.6. The Bertz CT molecular complexity index is 1040. The van der Waals surface area contributed by atoms with Gasteiger partial charge in [0.1, 0.15) is 11.6 Å². The normalized spacial score (nSPS) is 15.5. The van der Waals surface area contributed by atoms with E-state index in [4.69, 9.17) is 5.73 Å². The molecule has 1 amide bonds. The number of pyridine rings is 3. The van der Waals surface area contributed by atoms with Crippen molar-refractivity contribution < 1.29 is 4.79 Å². The highest BCUT2D eigenvalue weighted by molar-refractivity contribution is 5.98. The fourth-order valence-corrected chi connectivity index (χ4v) is 3.76. The number of nitrogens with one attached hydrogen (secondary N) is 2. The summed E-state index contributed by atoms with van der Waals surface area (Å²) in [5.74, 6) is 1.82. The summed E-state index contributed by atoms with van der Waals surface area (Å²) < 4.78 is 0. The zero-order valence-corrected chi connectivity index (χ0v) is 20.0. The summed E-state index contributed by atoms with van der Waals surface area (Å²) in [4.78, 5) is 24.4. The molecule has 0 spiro atoms. The van der Waals surface area contributed by atoms with Gasteiger partial charge in [0.15, 0.2) is 0 Å². The van der Waals surface area contributed by atoms with E-state index in [-0.39, 0.29) is 0 Å². The molecule has 33 heavy (non-hydrogen) atoms. The lowest BCUT2D eigenvalue weighted by Crippen LogP contribution is -2.16. The molecule has 176 valence electrons. The van der Waals surface area contributed by atoms with E-state index in [1.807, 2.05) is 32.0 Å². The van der Waals surface area contributed by atoms with Crippen LogP contribution in [0.4, 0.5) is 17.3 Å². The van der Waals surface area contributed by atoms with E-state index in [2.05, 4.69) is 32.5 Å². The predicted octanol–water partition coefficient (Wildman–Crippen LogP) is 6.05. The summed E-state index contributed by atoms with van der Waals surface area (Å²) >= 11 is 0. The van der Waals surface area contributed by atoms with Gasteiger partial charge in [0.25, 0.3) is 5.91 Å². The Morgan fingerprint density at radius 1 is 1.00 bits per heavy atom. The van der Waals surface area contributed by atoms with Gasteiger partial charge < -0.3 is 16.4 Å². The van der Waals surface area contributed by atoms with Gasteiger partial charge in [-0.1, -0.05) is 52.9 Å². The molecule has 4 N–H and O–H groups in total. The largest absolute Gasteiger partial charge is 0.382 e. The molecule has 0 radical (unpaired) electrons. The van der Waals surface area contributed by atoms with E-state index in [0.717, 1.165) is 29.7 Å². The average molecular weight is 449 g/mol. The van der Waals surface area contributed by atoms with Crippen LogP contribution in [0.2, 0.25) is 0 Å². The third kappa shape index (κ3) is 7.41. The highest BCUT2D eigenvalue weighted by Crippen LogP contribution is 2.28. The quantitative estimate of drug-likeness (QED) is 0.438. The van der Waals surface area contributed by atoms with Gasteiger partial charge in [-0.15, -0.1) is 0 Å². The third-order valence-electron chi connectivity index (χ3n) is 5.75. The Hall–Kier alpha value is -3.22. The maximum absolute atomic E-state index is 11.5. The second kappa shape index (κ2) is 12.1. The van der Waals surface area contributed by atoms with E-state index in [1.54, 1.807) is 18.5 Å². The molecule has 2 saturated carbocycles. The number of nitrogens with two attached hydrogens (primary N) is 1. The van der Waals surface area contributed by atoms with Crippen molar-refractivity contribution in [2.75, 3.05) is 10.6 Å². The molecule has 7 nitrogen and oxygen atoms in total. The Kier molecular flexibility index (Phi) is 8.98. The van der Waals surface area contributed by atoms with Crippen LogP contribution in [-0.4, -0.2) is 26.9 Å². The van der Waals surface area contributed by atoms with Crippen molar-refractivity contribution in [3.8, 4) is 0 Å². The van der Waals surface area contributed by atoms with E-state index in [0.29, 0.717) is 28.9 Å². The molecule has 5 rings (SSSR count). The number of anilines is 3. The molecule has 2 aliphatic carbocycles. The fourth-order valence-electron chi connectivity index (χ4n) is 3.76. The van der Waals surface area contributed by atoms with Crippen molar-refractivity contribution in [1.29, 1.82) is 0 Å². The number of hydrogen-bond acceptors (Lipinski definition) is 6. The maximum atomic E-state index is 11.5. The molecule has 0 aromatic carbocycles. The van der Waals surface area contributed by atoms with Crippen LogP contribution in [0.25, 0.3) is 10.9 Å². The molecule has 3 aromatic heterocycles. The molecule has 3 heterocycles. The topological polar surface area (TPSA) is 106 Å².